The average Bonchev–Trinajstić information content (AvgIpc) is 2.94. The smallest absolute Gasteiger partial charge is 0.491 e. The standard InChI is InChI=1S/C29H30ClF3N4O3/c30-28-35-14-10-26(36-28)37-15-11-20-18-23(40-27(38)29(31,32)33)8-9-24(20)25(37)17-19-4-6-22(7-5-19)39-16-12-21-3-1-2-13-34-21/h4-10,14,18,21,25,34H,1-3,11-13,15-17H2. The first-order chi connectivity index (χ1) is 19.3. The summed E-state index contributed by atoms with van der Waals surface area (Å²) in [5, 5.41) is 3.66. The lowest BCUT2D eigenvalue weighted by atomic mass is 9.88. The number of nitrogens with zero attached hydrogens (tertiary/aromatic N) is 3. The molecule has 5 rings (SSSR count). The summed E-state index contributed by atoms with van der Waals surface area (Å²) in [6.07, 6.45) is 2.29. The second-order valence-electron chi connectivity index (χ2n) is 10.0. The van der Waals surface area contributed by atoms with E-state index in [4.69, 9.17) is 16.3 Å². The van der Waals surface area contributed by atoms with Crippen molar-refractivity contribution in [1.29, 1.82) is 0 Å². The molecule has 0 saturated carbocycles. The van der Waals surface area contributed by atoms with Crippen molar-refractivity contribution < 1.29 is 27.4 Å². The van der Waals surface area contributed by atoms with Gasteiger partial charge in [-0.3, -0.25) is 0 Å². The largest absolute Gasteiger partial charge is 0.494 e. The molecule has 1 N–H and O–H groups in total. The van der Waals surface area contributed by atoms with Crippen molar-refractivity contribution in [2.45, 2.75) is 56.8 Å². The highest BCUT2D eigenvalue weighted by atomic mass is 35.5. The molecule has 1 aromatic heterocycles. The number of aromatic nitrogens is 2. The van der Waals surface area contributed by atoms with E-state index in [0.29, 0.717) is 37.9 Å². The summed E-state index contributed by atoms with van der Waals surface area (Å²) in [5.74, 6) is -0.920. The highest BCUT2D eigenvalue weighted by Gasteiger charge is 2.41. The Kier molecular flexibility index (Phi) is 8.75. The van der Waals surface area contributed by atoms with Gasteiger partial charge in [-0.25, -0.2) is 14.8 Å². The summed E-state index contributed by atoms with van der Waals surface area (Å²) in [4.78, 5) is 21.8. The van der Waals surface area contributed by atoms with E-state index in [1.807, 2.05) is 24.3 Å². The Morgan fingerprint density at radius 1 is 1.10 bits per heavy atom. The van der Waals surface area contributed by atoms with Crippen molar-refractivity contribution in [3.8, 4) is 11.5 Å². The Morgan fingerprint density at radius 3 is 2.62 bits per heavy atom. The molecule has 2 unspecified atom stereocenters. The molecule has 1 fully saturated rings. The van der Waals surface area contributed by atoms with Crippen LogP contribution in [-0.4, -0.2) is 47.9 Å². The molecule has 0 spiro atoms. The van der Waals surface area contributed by atoms with Gasteiger partial charge in [-0.15, -0.1) is 0 Å². The van der Waals surface area contributed by atoms with Crippen molar-refractivity contribution in [2.24, 2.45) is 0 Å². The number of ether oxygens (including phenoxy) is 2. The highest BCUT2D eigenvalue weighted by Crippen LogP contribution is 2.37. The lowest BCUT2D eigenvalue weighted by Crippen LogP contribution is -2.37. The van der Waals surface area contributed by atoms with Gasteiger partial charge in [0.2, 0.25) is 5.28 Å². The number of hydrogen-bond donors (Lipinski definition) is 1. The second kappa shape index (κ2) is 12.4. The van der Waals surface area contributed by atoms with Crippen LogP contribution in [0.5, 0.6) is 11.5 Å². The maximum atomic E-state index is 12.7. The highest BCUT2D eigenvalue weighted by molar-refractivity contribution is 6.28. The molecule has 0 bridgehead atoms. The Hall–Kier alpha value is -3.37. The Labute approximate surface area is 235 Å². The normalized spacial score (nSPS) is 19.1. The van der Waals surface area contributed by atoms with Crippen LogP contribution in [0.15, 0.2) is 54.7 Å². The fraction of sp³-hybridized carbons (Fsp3) is 0.414. The van der Waals surface area contributed by atoms with Crippen LogP contribution in [0.2, 0.25) is 5.28 Å². The monoisotopic (exact) mass is 574 g/mol. The third-order valence-corrected chi connectivity index (χ3v) is 7.50. The molecule has 212 valence electrons. The molecule has 2 aliphatic heterocycles. The van der Waals surface area contributed by atoms with Gasteiger partial charge >= 0.3 is 12.1 Å². The summed E-state index contributed by atoms with van der Waals surface area (Å²) in [6.45, 7) is 2.26. The molecule has 7 nitrogen and oxygen atoms in total. The number of anilines is 1. The van der Waals surface area contributed by atoms with E-state index >= 15 is 0 Å². The molecule has 40 heavy (non-hydrogen) atoms. The molecule has 0 aliphatic carbocycles. The molecule has 3 aromatic rings. The molecule has 2 aliphatic rings. The molecule has 3 heterocycles. The number of nitrogens with one attached hydrogen (secondary N) is 1. The third-order valence-electron chi connectivity index (χ3n) is 7.32. The van der Waals surface area contributed by atoms with Crippen LogP contribution in [0.1, 0.15) is 48.4 Å². The minimum atomic E-state index is -5.07. The van der Waals surface area contributed by atoms with Crippen LogP contribution in [0, 0.1) is 0 Å². The van der Waals surface area contributed by atoms with Gasteiger partial charge in [0.1, 0.15) is 17.3 Å². The first-order valence-corrected chi connectivity index (χ1v) is 13.8. The van der Waals surface area contributed by atoms with Crippen LogP contribution < -0.4 is 19.7 Å². The zero-order valence-corrected chi connectivity index (χ0v) is 22.5. The zero-order valence-electron chi connectivity index (χ0n) is 21.8. The number of hydrogen-bond acceptors (Lipinski definition) is 7. The maximum absolute atomic E-state index is 12.7. The van der Waals surface area contributed by atoms with E-state index in [1.54, 1.807) is 18.3 Å². The quantitative estimate of drug-likeness (QED) is 0.205. The third kappa shape index (κ3) is 7.03. The number of alkyl halides is 3. The summed E-state index contributed by atoms with van der Waals surface area (Å²) < 4.78 is 48.7. The molecule has 2 aromatic carbocycles. The summed E-state index contributed by atoms with van der Waals surface area (Å²) in [6, 6.07) is 14.7. The SMILES string of the molecule is O=C(Oc1ccc2c(c1)CCN(c1ccnc(Cl)n1)C2Cc1ccc(OCCC2CCCCN2)cc1)C(F)(F)F. The predicted octanol–water partition coefficient (Wildman–Crippen LogP) is 5.86. The zero-order chi connectivity index (χ0) is 28.1. The van der Waals surface area contributed by atoms with Crippen LogP contribution >= 0.6 is 11.6 Å². The van der Waals surface area contributed by atoms with Gasteiger partial charge in [-0.1, -0.05) is 24.6 Å². The fourth-order valence-electron chi connectivity index (χ4n) is 5.33. The topological polar surface area (TPSA) is 76.6 Å². The fourth-order valence-corrected chi connectivity index (χ4v) is 5.47. The van der Waals surface area contributed by atoms with Gasteiger partial charge in [-0.2, -0.15) is 13.2 Å². The Bertz CT molecular complexity index is 1320. The summed E-state index contributed by atoms with van der Waals surface area (Å²) >= 11 is 6.08. The molecule has 11 heteroatoms. The maximum Gasteiger partial charge on any atom is 0.491 e. The van der Waals surface area contributed by atoms with Gasteiger partial charge in [0, 0.05) is 18.8 Å². The van der Waals surface area contributed by atoms with E-state index in [0.717, 1.165) is 35.4 Å². The van der Waals surface area contributed by atoms with E-state index in [2.05, 4.69) is 24.9 Å². The van der Waals surface area contributed by atoms with E-state index in [1.165, 1.54) is 31.4 Å². The number of esters is 1. The number of benzene rings is 2. The first kappa shape index (κ1) is 28.2. The molecular formula is C29H30ClF3N4O3. The lowest BCUT2D eigenvalue weighted by Gasteiger charge is -2.38. The van der Waals surface area contributed by atoms with Crippen molar-refractivity contribution in [1.82, 2.24) is 15.3 Å². The Morgan fingerprint density at radius 2 is 1.90 bits per heavy atom. The van der Waals surface area contributed by atoms with Gasteiger partial charge in [0.25, 0.3) is 0 Å². The minimum absolute atomic E-state index is 0.126. The van der Waals surface area contributed by atoms with Crippen LogP contribution in [0.25, 0.3) is 0 Å². The molecule has 1 saturated heterocycles. The number of halogens is 4. The minimum Gasteiger partial charge on any atom is -0.494 e. The number of piperidine rings is 1. The predicted molar refractivity (Wildman–Crippen MR) is 145 cm³/mol. The second-order valence-corrected chi connectivity index (χ2v) is 10.4. The lowest BCUT2D eigenvalue weighted by molar-refractivity contribution is -0.189. The van der Waals surface area contributed by atoms with E-state index in [-0.39, 0.29) is 17.1 Å². The number of carbonyl (C=O) groups is 1. The first-order valence-electron chi connectivity index (χ1n) is 13.4. The van der Waals surface area contributed by atoms with Crippen LogP contribution in [0.3, 0.4) is 0 Å². The molecule has 2 atom stereocenters. The Balaban J connectivity index is 1.33. The van der Waals surface area contributed by atoms with Crippen molar-refractivity contribution in [3.63, 3.8) is 0 Å². The van der Waals surface area contributed by atoms with Gasteiger partial charge in [-0.05, 0) is 97.3 Å². The molecule has 0 radical (unpaired) electrons. The van der Waals surface area contributed by atoms with Crippen LogP contribution in [-0.2, 0) is 17.6 Å². The molecule has 0 amide bonds. The average molecular weight is 575 g/mol. The number of fused-ring (bicyclic) bond motifs is 1. The molecular weight excluding hydrogens is 545 g/mol. The number of rotatable bonds is 8. The number of carbonyl (C=O) groups excluding carboxylic acids is 1. The summed E-state index contributed by atoms with van der Waals surface area (Å²) in [7, 11) is 0. The van der Waals surface area contributed by atoms with E-state index < -0.39 is 12.1 Å². The van der Waals surface area contributed by atoms with Crippen molar-refractivity contribution >= 4 is 23.4 Å². The van der Waals surface area contributed by atoms with E-state index in [9.17, 15) is 18.0 Å². The van der Waals surface area contributed by atoms with Gasteiger partial charge in [0.05, 0.1) is 12.6 Å². The van der Waals surface area contributed by atoms with Crippen LogP contribution in [0.4, 0.5) is 19.0 Å². The van der Waals surface area contributed by atoms with Crippen molar-refractivity contribution in [2.75, 3.05) is 24.6 Å². The van der Waals surface area contributed by atoms with Gasteiger partial charge < -0.3 is 19.7 Å². The van der Waals surface area contributed by atoms with Crippen molar-refractivity contribution in [3.05, 3.63) is 76.7 Å². The summed E-state index contributed by atoms with van der Waals surface area (Å²) in [5.41, 5.74) is 2.77. The van der Waals surface area contributed by atoms with Gasteiger partial charge in [0.15, 0.2) is 0 Å².